The molecule has 0 heterocycles. The van der Waals surface area contributed by atoms with Crippen LogP contribution in [0.1, 0.15) is 43.6 Å². The highest BCUT2D eigenvalue weighted by Gasteiger charge is 2.31. The summed E-state index contributed by atoms with van der Waals surface area (Å²) in [4.78, 5) is 58.9. The Bertz CT molecular complexity index is 985. The lowest BCUT2D eigenvalue weighted by atomic mass is 10.1. The number of esters is 4. The van der Waals surface area contributed by atoms with Gasteiger partial charge in [-0.2, -0.15) is 0 Å². The van der Waals surface area contributed by atoms with Crippen LogP contribution in [0.5, 0.6) is 0 Å². The number of nitrogens with two attached hydrogens (primary N) is 1. The first-order valence-corrected chi connectivity index (χ1v) is 12.8. The maximum Gasteiger partial charge on any atom is 0.303 e. The van der Waals surface area contributed by atoms with Gasteiger partial charge in [-0.25, -0.2) is 0 Å². The van der Waals surface area contributed by atoms with E-state index in [0.29, 0.717) is 22.0 Å². The standard InChI is InChI=1S/C20H23I3N2O9/c1-8(26)31-5-12-16(21)15(18(23)19(24)17(12)22)20(30)25-13(6-32-9(2)27)14(34-11(4)29)7-33-10(3)28/h13-14H,5-7,24H2,1-4H3,(H,25,30). The van der Waals surface area contributed by atoms with Gasteiger partial charge in [-0.1, -0.05) is 0 Å². The fourth-order valence-corrected chi connectivity index (χ4v) is 6.54. The first-order chi connectivity index (χ1) is 15.8. The molecule has 1 rings (SSSR count). The van der Waals surface area contributed by atoms with Crippen LogP contribution in [-0.2, 0) is 44.7 Å². The van der Waals surface area contributed by atoms with E-state index in [1.165, 1.54) is 20.8 Å². The highest BCUT2D eigenvalue weighted by Crippen LogP contribution is 2.34. The molecule has 188 valence electrons. The summed E-state index contributed by atoms with van der Waals surface area (Å²) >= 11 is 5.89. The number of carbonyl (C=O) groups is 5. The van der Waals surface area contributed by atoms with Crippen molar-refractivity contribution in [2.45, 2.75) is 46.4 Å². The number of rotatable bonds is 10. The Morgan fingerprint density at radius 2 is 1.32 bits per heavy atom. The normalized spacial score (nSPS) is 12.2. The summed E-state index contributed by atoms with van der Waals surface area (Å²) < 4.78 is 21.9. The third-order valence-electron chi connectivity index (χ3n) is 4.09. The highest BCUT2D eigenvalue weighted by atomic mass is 127. The van der Waals surface area contributed by atoms with Gasteiger partial charge in [0.2, 0.25) is 0 Å². The van der Waals surface area contributed by atoms with Crippen LogP contribution in [0.2, 0.25) is 0 Å². The van der Waals surface area contributed by atoms with Crippen LogP contribution in [0.15, 0.2) is 0 Å². The van der Waals surface area contributed by atoms with Gasteiger partial charge in [-0.05, 0) is 67.8 Å². The number of ether oxygens (including phenoxy) is 4. The zero-order valence-corrected chi connectivity index (χ0v) is 25.1. The molecular formula is C20H23I3N2O9. The maximum absolute atomic E-state index is 13.3. The average Bonchev–Trinajstić information content (AvgIpc) is 2.71. The number of halogens is 3. The second-order valence-electron chi connectivity index (χ2n) is 6.82. The summed E-state index contributed by atoms with van der Waals surface area (Å²) in [5.74, 6) is -3.05. The van der Waals surface area contributed by atoms with Crippen molar-refractivity contribution < 1.29 is 42.9 Å². The van der Waals surface area contributed by atoms with E-state index in [-0.39, 0.29) is 25.4 Å². The molecular weight excluding hydrogens is 793 g/mol. The van der Waals surface area contributed by atoms with E-state index in [4.69, 9.17) is 24.7 Å². The predicted octanol–water partition coefficient (Wildman–Crippen LogP) is 2.30. The number of carbonyl (C=O) groups excluding carboxylic acids is 5. The topological polar surface area (TPSA) is 160 Å². The third kappa shape index (κ3) is 9.31. The molecule has 0 fully saturated rings. The molecule has 0 saturated carbocycles. The second kappa shape index (κ2) is 14.2. The van der Waals surface area contributed by atoms with E-state index in [0.717, 1.165) is 6.92 Å². The molecule has 1 aromatic carbocycles. The lowest BCUT2D eigenvalue weighted by molar-refractivity contribution is -0.160. The van der Waals surface area contributed by atoms with Crippen LogP contribution in [-0.4, -0.2) is 55.1 Å². The molecule has 0 aromatic heterocycles. The molecule has 3 N–H and O–H groups in total. The number of anilines is 1. The quantitative estimate of drug-likeness (QED) is 0.155. The van der Waals surface area contributed by atoms with Gasteiger partial charge in [0.15, 0.2) is 6.10 Å². The van der Waals surface area contributed by atoms with Gasteiger partial charge >= 0.3 is 23.9 Å². The van der Waals surface area contributed by atoms with Crippen LogP contribution >= 0.6 is 67.8 Å². The number of amides is 1. The van der Waals surface area contributed by atoms with Crippen molar-refractivity contribution in [2.24, 2.45) is 0 Å². The van der Waals surface area contributed by atoms with Crippen molar-refractivity contribution in [3.63, 3.8) is 0 Å². The van der Waals surface area contributed by atoms with Crippen LogP contribution in [0.3, 0.4) is 0 Å². The fourth-order valence-electron chi connectivity index (χ4n) is 2.57. The smallest absolute Gasteiger partial charge is 0.303 e. The SMILES string of the molecule is CC(=O)OCc1c(I)c(N)c(I)c(C(=O)NC(COC(C)=O)C(COC(C)=O)OC(C)=O)c1I. The molecule has 1 aromatic rings. The zero-order valence-electron chi connectivity index (χ0n) is 18.7. The van der Waals surface area contributed by atoms with E-state index >= 15 is 0 Å². The van der Waals surface area contributed by atoms with Crippen LogP contribution < -0.4 is 11.1 Å². The van der Waals surface area contributed by atoms with Crippen molar-refractivity contribution in [2.75, 3.05) is 18.9 Å². The van der Waals surface area contributed by atoms with Crippen molar-refractivity contribution in [3.8, 4) is 0 Å². The molecule has 14 heteroatoms. The van der Waals surface area contributed by atoms with Gasteiger partial charge in [0, 0.05) is 40.4 Å². The number of benzene rings is 1. The minimum atomic E-state index is -1.14. The van der Waals surface area contributed by atoms with E-state index in [9.17, 15) is 24.0 Å². The lowest BCUT2D eigenvalue weighted by Crippen LogP contribution is -2.50. The second-order valence-corrected chi connectivity index (χ2v) is 10.1. The summed E-state index contributed by atoms with van der Waals surface area (Å²) in [6, 6.07) is -1.05. The van der Waals surface area contributed by atoms with Gasteiger partial charge in [0.1, 0.15) is 25.9 Å². The lowest BCUT2D eigenvalue weighted by Gasteiger charge is -2.27. The first-order valence-electron chi connectivity index (χ1n) is 9.59. The number of nitrogens with one attached hydrogen (secondary N) is 1. The Balaban J connectivity index is 3.40. The Kier molecular flexibility index (Phi) is 12.8. The fraction of sp³-hybridized carbons (Fsp3) is 0.450. The van der Waals surface area contributed by atoms with Gasteiger partial charge in [0.25, 0.3) is 5.91 Å². The van der Waals surface area contributed by atoms with E-state index in [1.54, 1.807) is 0 Å². The van der Waals surface area contributed by atoms with Crippen LogP contribution in [0, 0.1) is 10.7 Å². The molecule has 2 atom stereocenters. The summed E-state index contributed by atoms with van der Waals surface area (Å²) in [5, 5.41) is 2.68. The highest BCUT2D eigenvalue weighted by molar-refractivity contribution is 14.1. The molecule has 0 aliphatic carbocycles. The molecule has 34 heavy (non-hydrogen) atoms. The monoisotopic (exact) mass is 816 g/mol. The molecule has 0 aliphatic heterocycles. The summed E-state index contributed by atoms with van der Waals surface area (Å²) in [6.45, 7) is 3.95. The summed E-state index contributed by atoms with van der Waals surface area (Å²) in [6.07, 6.45) is -1.14. The first kappa shape index (κ1) is 30.6. The van der Waals surface area contributed by atoms with Gasteiger partial charge in [0.05, 0.1) is 14.8 Å². The molecule has 0 spiro atoms. The number of hydrogen-bond acceptors (Lipinski definition) is 10. The number of hydrogen-bond donors (Lipinski definition) is 2. The molecule has 2 unspecified atom stereocenters. The van der Waals surface area contributed by atoms with Gasteiger partial charge < -0.3 is 30.0 Å². The van der Waals surface area contributed by atoms with Crippen molar-refractivity contribution >= 4 is 103 Å². The largest absolute Gasteiger partial charge is 0.464 e. The van der Waals surface area contributed by atoms with Crippen molar-refractivity contribution in [1.29, 1.82) is 0 Å². The Morgan fingerprint density at radius 1 is 0.794 bits per heavy atom. The molecule has 0 saturated heterocycles. The Morgan fingerprint density at radius 3 is 1.82 bits per heavy atom. The van der Waals surface area contributed by atoms with E-state index in [1.807, 2.05) is 67.8 Å². The minimum Gasteiger partial charge on any atom is -0.464 e. The molecule has 11 nitrogen and oxygen atoms in total. The predicted molar refractivity (Wildman–Crippen MR) is 145 cm³/mol. The Labute approximate surface area is 236 Å². The van der Waals surface area contributed by atoms with E-state index < -0.39 is 41.9 Å². The van der Waals surface area contributed by atoms with Crippen LogP contribution in [0.4, 0.5) is 5.69 Å². The van der Waals surface area contributed by atoms with Crippen LogP contribution in [0.25, 0.3) is 0 Å². The molecule has 1 amide bonds. The van der Waals surface area contributed by atoms with E-state index in [2.05, 4.69) is 5.32 Å². The molecule has 0 radical (unpaired) electrons. The van der Waals surface area contributed by atoms with Crippen molar-refractivity contribution in [1.82, 2.24) is 5.32 Å². The van der Waals surface area contributed by atoms with Gasteiger partial charge in [-0.15, -0.1) is 0 Å². The molecule has 0 aliphatic rings. The zero-order chi connectivity index (χ0) is 26.2. The number of nitrogen functional groups attached to an aromatic ring is 1. The molecule has 0 bridgehead atoms. The average molecular weight is 816 g/mol. The minimum absolute atomic E-state index is 0.0906. The van der Waals surface area contributed by atoms with Crippen molar-refractivity contribution in [3.05, 3.63) is 21.8 Å². The third-order valence-corrected chi connectivity index (χ3v) is 7.63. The van der Waals surface area contributed by atoms with Gasteiger partial charge in [-0.3, -0.25) is 24.0 Å². The maximum atomic E-state index is 13.3. The summed E-state index contributed by atoms with van der Waals surface area (Å²) in [5.41, 5.74) is 7.26. The Hall–Kier alpha value is -1.44. The summed E-state index contributed by atoms with van der Waals surface area (Å²) in [7, 11) is 0.